The number of nitrogens with zero attached hydrogens (tertiary/aromatic N) is 5. The molecule has 0 amide bonds. The Hall–Kier alpha value is -8.07. The Bertz CT molecular complexity index is 3280. The zero-order valence-corrected chi connectivity index (χ0v) is 31.3. The minimum Gasteiger partial charge on any atom is -0.309 e. The van der Waals surface area contributed by atoms with E-state index in [0.29, 0.717) is 22.8 Å². The van der Waals surface area contributed by atoms with Crippen LogP contribution in [0.4, 0.5) is 0 Å². The summed E-state index contributed by atoms with van der Waals surface area (Å²) in [6.45, 7) is 0. The first-order chi connectivity index (χ1) is 28.7. The third kappa shape index (κ3) is 5.31. The Morgan fingerprint density at radius 3 is 1.29 bits per heavy atom. The maximum atomic E-state index is 10.6. The Labute approximate surface area is 335 Å². The van der Waals surface area contributed by atoms with Crippen molar-refractivity contribution < 1.29 is 0 Å². The summed E-state index contributed by atoms with van der Waals surface area (Å²) in [5.74, 6) is 0.548. The molecule has 0 saturated heterocycles. The average Bonchev–Trinajstić information content (AvgIpc) is 3.82. The second-order valence-electron chi connectivity index (χ2n) is 14.5. The van der Waals surface area contributed by atoms with E-state index in [9.17, 15) is 5.26 Å². The molecule has 0 fully saturated rings. The molecule has 8 aromatic carbocycles. The largest absolute Gasteiger partial charge is 0.309 e. The summed E-state index contributed by atoms with van der Waals surface area (Å²) in [7, 11) is 0. The van der Waals surface area contributed by atoms with Crippen molar-refractivity contribution in [2.24, 2.45) is 0 Å². The molecule has 5 nitrogen and oxygen atoms in total. The Kier molecular flexibility index (Phi) is 7.80. The number of aromatic nitrogens is 4. The number of rotatable bonds is 6. The number of fused-ring (bicyclic) bond motifs is 6. The van der Waals surface area contributed by atoms with Gasteiger partial charge in [0.05, 0.1) is 33.5 Å². The van der Waals surface area contributed by atoms with Crippen LogP contribution in [0.2, 0.25) is 0 Å². The first-order valence-corrected chi connectivity index (χ1v) is 19.4. The van der Waals surface area contributed by atoms with Crippen LogP contribution in [0, 0.1) is 11.3 Å². The smallest absolute Gasteiger partial charge is 0.161 e. The SMILES string of the molecule is N#Cc1c(-c2ccccc2)nc(-c2cc(-n3c4ccccc4c4cc(-n5c6ccccc6c6ccccc65)ccc43)ccc2-c2ccccc2)nc1-c1ccccc1. The zero-order valence-electron chi connectivity index (χ0n) is 31.3. The van der Waals surface area contributed by atoms with Crippen molar-refractivity contribution in [3.63, 3.8) is 0 Å². The number of benzene rings is 8. The lowest BCUT2D eigenvalue weighted by molar-refractivity contribution is 1.15. The second-order valence-corrected chi connectivity index (χ2v) is 14.5. The van der Waals surface area contributed by atoms with Gasteiger partial charge in [0.1, 0.15) is 11.6 Å². The van der Waals surface area contributed by atoms with Gasteiger partial charge in [-0.2, -0.15) is 5.26 Å². The van der Waals surface area contributed by atoms with Crippen molar-refractivity contribution in [2.75, 3.05) is 0 Å². The fourth-order valence-corrected chi connectivity index (χ4v) is 8.60. The number of para-hydroxylation sites is 3. The van der Waals surface area contributed by atoms with Gasteiger partial charge in [-0.25, -0.2) is 9.97 Å². The van der Waals surface area contributed by atoms with E-state index >= 15 is 0 Å². The molecule has 11 rings (SSSR count). The molecule has 0 unspecified atom stereocenters. The zero-order chi connectivity index (χ0) is 38.6. The molecule has 0 bridgehead atoms. The summed E-state index contributed by atoms with van der Waals surface area (Å²) in [6.07, 6.45) is 0. The molecule has 0 atom stereocenters. The molecule has 5 heteroatoms. The van der Waals surface area contributed by atoms with Gasteiger partial charge in [0.15, 0.2) is 5.82 Å². The fraction of sp³-hybridized carbons (Fsp3) is 0. The molecule has 11 aromatic rings. The highest BCUT2D eigenvalue weighted by Crippen LogP contribution is 2.40. The molecule has 270 valence electrons. The molecule has 0 spiro atoms. The number of nitriles is 1. The monoisotopic (exact) mass is 739 g/mol. The van der Waals surface area contributed by atoms with E-state index in [-0.39, 0.29) is 0 Å². The van der Waals surface area contributed by atoms with Crippen molar-refractivity contribution in [3.05, 3.63) is 206 Å². The van der Waals surface area contributed by atoms with Crippen LogP contribution in [0.5, 0.6) is 0 Å². The van der Waals surface area contributed by atoms with E-state index in [0.717, 1.165) is 55.6 Å². The molecule has 3 aromatic heterocycles. The van der Waals surface area contributed by atoms with Crippen LogP contribution in [0.25, 0.3) is 100 Å². The molecule has 58 heavy (non-hydrogen) atoms. The van der Waals surface area contributed by atoms with E-state index in [1.807, 2.05) is 66.7 Å². The lowest BCUT2D eigenvalue weighted by Gasteiger charge is -2.17. The Morgan fingerprint density at radius 2 is 0.776 bits per heavy atom. The van der Waals surface area contributed by atoms with Gasteiger partial charge in [0, 0.05) is 49.6 Å². The van der Waals surface area contributed by atoms with Crippen LogP contribution >= 0.6 is 0 Å². The predicted octanol–water partition coefficient (Wildman–Crippen LogP) is 13.2. The molecule has 0 radical (unpaired) electrons. The molecule has 0 saturated carbocycles. The summed E-state index contributed by atoms with van der Waals surface area (Å²) < 4.78 is 4.72. The first kappa shape index (κ1) is 33.3. The Morgan fingerprint density at radius 1 is 0.362 bits per heavy atom. The van der Waals surface area contributed by atoms with E-state index in [1.54, 1.807) is 0 Å². The highest BCUT2D eigenvalue weighted by Gasteiger charge is 2.22. The van der Waals surface area contributed by atoms with Crippen LogP contribution in [-0.2, 0) is 0 Å². The summed E-state index contributed by atoms with van der Waals surface area (Å²) in [4.78, 5) is 10.5. The van der Waals surface area contributed by atoms with Gasteiger partial charge >= 0.3 is 0 Å². The minimum atomic E-state index is 0.444. The molecule has 0 aliphatic heterocycles. The van der Waals surface area contributed by atoms with Gasteiger partial charge in [-0.15, -0.1) is 0 Å². The van der Waals surface area contributed by atoms with E-state index < -0.39 is 0 Å². The normalized spacial score (nSPS) is 11.4. The fourth-order valence-electron chi connectivity index (χ4n) is 8.60. The predicted molar refractivity (Wildman–Crippen MR) is 237 cm³/mol. The number of hydrogen-bond donors (Lipinski definition) is 0. The first-order valence-electron chi connectivity index (χ1n) is 19.4. The molecule has 0 aliphatic rings. The van der Waals surface area contributed by atoms with Gasteiger partial charge in [-0.05, 0) is 59.7 Å². The summed E-state index contributed by atoms with van der Waals surface area (Å²) in [5.41, 5.74) is 13.0. The third-order valence-corrected chi connectivity index (χ3v) is 11.2. The van der Waals surface area contributed by atoms with Crippen molar-refractivity contribution in [2.45, 2.75) is 0 Å². The van der Waals surface area contributed by atoms with E-state index in [1.165, 1.54) is 27.2 Å². The maximum absolute atomic E-state index is 10.6. The molecular formula is C53H33N5. The average molecular weight is 740 g/mol. The number of hydrogen-bond acceptors (Lipinski definition) is 3. The molecule has 3 heterocycles. The van der Waals surface area contributed by atoms with Crippen LogP contribution in [0.1, 0.15) is 5.56 Å². The van der Waals surface area contributed by atoms with Crippen LogP contribution in [0.15, 0.2) is 200 Å². The summed E-state index contributed by atoms with van der Waals surface area (Å²) >= 11 is 0. The van der Waals surface area contributed by atoms with Crippen molar-refractivity contribution in [1.29, 1.82) is 5.26 Å². The lowest BCUT2D eigenvalue weighted by Crippen LogP contribution is -2.03. The molecule has 0 aliphatic carbocycles. The van der Waals surface area contributed by atoms with Crippen molar-refractivity contribution in [1.82, 2.24) is 19.1 Å². The van der Waals surface area contributed by atoms with Crippen LogP contribution in [0.3, 0.4) is 0 Å². The highest BCUT2D eigenvalue weighted by molar-refractivity contribution is 6.12. The summed E-state index contributed by atoms with van der Waals surface area (Å²) in [6, 6.07) is 72.0. The van der Waals surface area contributed by atoms with Gasteiger partial charge in [-0.3, -0.25) is 0 Å². The van der Waals surface area contributed by atoms with Crippen LogP contribution in [-0.4, -0.2) is 19.1 Å². The third-order valence-electron chi connectivity index (χ3n) is 11.2. The topological polar surface area (TPSA) is 59.4 Å². The molecule has 0 N–H and O–H groups in total. The van der Waals surface area contributed by atoms with Gasteiger partial charge in [-0.1, -0.05) is 152 Å². The van der Waals surface area contributed by atoms with E-state index in [2.05, 4.69) is 149 Å². The Balaban J connectivity index is 1.17. The quantitative estimate of drug-likeness (QED) is 0.171. The summed E-state index contributed by atoms with van der Waals surface area (Å²) in [5, 5.41) is 15.4. The van der Waals surface area contributed by atoms with Crippen molar-refractivity contribution >= 4 is 43.6 Å². The van der Waals surface area contributed by atoms with Crippen LogP contribution < -0.4 is 0 Å². The van der Waals surface area contributed by atoms with E-state index in [4.69, 9.17) is 9.97 Å². The molecular weight excluding hydrogens is 707 g/mol. The van der Waals surface area contributed by atoms with Crippen molar-refractivity contribution in [3.8, 4) is 62.5 Å². The van der Waals surface area contributed by atoms with Gasteiger partial charge < -0.3 is 9.13 Å². The maximum Gasteiger partial charge on any atom is 0.161 e. The van der Waals surface area contributed by atoms with Gasteiger partial charge in [0.2, 0.25) is 0 Å². The lowest BCUT2D eigenvalue weighted by atomic mass is 9.96. The highest BCUT2D eigenvalue weighted by atomic mass is 15.0. The second kappa shape index (κ2) is 13.6. The van der Waals surface area contributed by atoms with Gasteiger partial charge in [0.25, 0.3) is 0 Å². The minimum absolute atomic E-state index is 0.444. The standard InChI is InChI=1S/C53H33N5/c54-34-46-51(36-18-6-2-7-19-36)55-53(56-52(46)37-20-8-3-9-21-37)45-33-38(28-30-40(45)35-16-4-1-5-17-35)58-49-27-15-12-24-43(49)44-32-39(29-31-50(44)58)57-47-25-13-10-22-41(47)42-23-11-14-26-48(42)57/h1-33H.